The van der Waals surface area contributed by atoms with Crippen LogP contribution in [0.3, 0.4) is 0 Å². The lowest BCUT2D eigenvalue weighted by atomic mass is 10.0. The number of piperidine rings is 1. The second-order valence-electron chi connectivity index (χ2n) is 9.67. The highest BCUT2D eigenvalue weighted by Crippen LogP contribution is 2.29. The van der Waals surface area contributed by atoms with Gasteiger partial charge >= 0.3 is 5.69 Å². The molecule has 3 aromatic carbocycles. The topological polar surface area (TPSA) is 128 Å². The van der Waals surface area contributed by atoms with Gasteiger partial charge in [0.1, 0.15) is 11.4 Å². The van der Waals surface area contributed by atoms with E-state index in [9.17, 15) is 19.7 Å². The summed E-state index contributed by atoms with van der Waals surface area (Å²) in [6.45, 7) is 0.942. The van der Waals surface area contributed by atoms with Gasteiger partial charge in [-0.15, -0.1) is 0 Å². The first-order valence-electron chi connectivity index (χ1n) is 12.9. The summed E-state index contributed by atoms with van der Waals surface area (Å²) >= 11 is 0. The maximum absolute atomic E-state index is 13.8. The predicted molar refractivity (Wildman–Crippen MR) is 149 cm³/mol. The minimum Gasteiger partial charge on any atom is -0.497 e. The molecule has 1 N–H and O–H groups in total. The van der Waals surface area contributed by atoms with Gasteiger partial charge in [-0.3, -0.25) is 19.5 Å². The quantitative estimate of drug-likeness (QED) is 0.249. The van der Waals surface area contributed by atoms with E-state index in [0.29, 0.717) is 48.8 Å². The minimum atomic E-state index is -0.467. The molecule has 0 spiro atoms. The number of nitrogens with one attached hydrogen (secondary N) is 1. The van der Waals surface area contributed by atoms with Crippen molar-refractivity contribution in [1.82, 2.24) is 24.2 Å². The molecule has 40 heavy (non-hydrogen) atoms. The van der Waals surface area contributed by atoms with Crippen LogP contribution in [0.5, 0.6) is 5.75 Å². The molecular weight excluding hydrogens is 512 g/mol. The van der Waals surface area contributed by atoms with E-state index in [1.807, 2.05) is 48.5 Å². The van der Waals surface area contributed by atoms with E-state index < -0.39 is 4.92 Å². The lowest BCUT2D eigenvalue weighted by molar-refractivity contribution is -0.384. The summed E-state index contributed by atoms with van der Waals surface area (Å²) in [5.41, 5.74) is 3.73. The number of rotatable bonds is 6. The lowest BCUT2D eigenvalue weighted by Crippen LogP contribution is -2.41. The Kier molecular flexibility index (Phi) is 6.39. The van der Waals surface area contributed by atoms with Gasteiger partial charge in [0.25, 0.3) is 11.6 Å². The van der Waals surface area contributed by atoms with Gasteiger partial charge in [-0.25, -0.2) is 9.48 Å². The number of amides is 1. The van der Waals surface area contributed by atoms with Crippen LogP contribution in [0.2, 0.25) is 0 Å². The van der Waals surface area contributed by atoms with E-state index >= 15 is 0 Å². The molecule has 1 saturated heterocycles. The first-order chi connectivity index (χ1) is 19.4. The van der Waals surface area contributed by atoms with Gasteiger partial charge in [-0.1, -0.05) is 12.1 Å². The maximum atomic E-state index is 13.8. The fourth-order valence-corrected chi connectivity index (χ4v) is 5.27. The van der Waals surface area contributed by atoms with Crippen LogP contribution in [0.4, 0.5) is 5.69 Å². The molecule has 11 nitrogen and oxygen atoms in total. The number of carbonyl (C=O) groups excluding carboxylic acids is 1. The zero-order valence-corrected chi connectivity index (χ0v) is 21.7. The molecule has 0 unspecified atom stereocenters. The molecule has 3 heterocycles. The molecule has 2 aromatic heterocycles. The van der Waals surface area contributed by atoms with E-state index in [0.717, 1.165) is 16.6 Å². The maximum Gasteiger partial charge on any atom is 0.326 e. The number of carbonyl (C=O) groups is 1. The number of nitro benzene ring substituents is 1. The van der Waals surface area contributed by atoms with Crippen LogP contribution in [0.15, 0.2) is 83.7 Å². The van der Waals surface area contributed by atoms with Crippen molar-refractivity contribution in [3.8, 4) is 22.7 Å². The highest BCUT2D eigenvalue weighted by molar-refractivity contribution is 5.94. The summed E-state index contributed by atoms with van der Waals surface area (Å²) in [7, 11) is 1.59. The number of hydrogen-bond donors (Lipinski definition) is 1. The molecular formula is C29H26N6O5. The number of benzene rings is 3. The Morgan fingerprint density at radius 1 is 1.02 bits per heavy atom. The molecule has 1 amide bonds. The third-order valence-corrected chi connectivity index (χ3v) is 7.36. The molecule has 5 aromatic rings. The number of hydrogen-bond acceptors (Lipinski definition) is 6. The van der Waals surface area contributed by atoms with Crippen LogP contribution in [-0.4, -0.2) is 55.3 Å². The Morgan fingerprint density at radius 3 is 2.40 bits per heavy atom. The van der Waals surface area contributed by atoms with E-state index in [4.69, 9.17) is 9.84 Å². The van der Waals surface area contributed by atoms with Crippen molar-refractivity contribution in [3.05, 3.63) is 105 Å². The molecule has 202 valence electrons. The highest BCUT2D eigenvalue weighted by atomic mass is 16.6. The van der Waals surface area contributed by atoms with E-state index in [1.54, 1.807) is 34.8 Å². The molecule has 0 atom stereocenters. The monoisotopic (exact) mass is 538 g/mol. The molecule has 11 heteroatoms. The zero-order valence-electron chi connectivity index (χ0n) is 21.7. The molecule has 1 aliphatic rings. The van der Waals surface area contributed by atoms with Crippen molar-refractivity contribution < 1.29 is 14.5 Å². The second-order valence-corrected chi connectivity index (χ2v) is 9.67. The van der Waals surface area contributed by atoms with E-state index in [-0.39, 0.29) is 23.3 Å². The number of para-hydroxylation sites is 2. The van der Waals surface area contributed by atoms with Crippen LogP contribution >= 0.6 is 0 Å². The van der Waals surface area contributed by atoms with Crippen LogP contribution in [0.25, 0.3) is 28.0 Å². The van der Waals surface area contributed by atoms with Crippen LogP contribution < -0.4 is 10.4 Å². The van der Waals surface area contributed by atoms with Crippen molar-refractivity contribution in [3.63, 3.8) is 0 Å². The third-order valence-electron chi connectivity index (χ3n) is 7.36. The standard InChI is InChI=1S/C29H26N6O5/c1-40-23-12-6-19(7-13-23)25-18-27(34(31-25)21-8-10-22(11-9-21)35(38)39)28(36)32-16-14-20(15-17-32)33-26-5-3-2-4-24(26)30-29(33)37/h2-13,18,20H,14-17H2,1H3,(H,30,37). The highest BCUT2D eigenvalue weighted by Gasteiger charge is 2.29. The van der Waals surface area contributed by atoms with Gasteiger partial charge in [0.15, 0.2) is 0 Å². The summed E-state index contributed by atoms with van der Waals surface area (Å²) in [4.78, 5) is 41.9. The van der Waals surface area contributed by atoms with Crippen molar-refractivity contribution in [2.75, 3.05) is 20.2 Å². The van der Waals surface area contributed by atoms with Gasteiger partial charge in [0.05, 0.1) is 34.4 Å². The third kappa shape index (κ3) is 4.51. The van der Waals surface area contributed by atoms with E-state index in [1.165, 1.54) is 16.8 Å². The molecule has 1 fully saturated rings. The lowest BCUT2D eigenvalue weighted by Gasteiger charge is -2.32. The van der Waals surface area contributed by atoms with Crippen molar-refractivity contribution >= 4 is 22.6 Å². The van der Waals surface area contributed by atoms with Gasteiger partial charge in [0, 0.05) is 36.8 Å². The Hall–Kier alpha value is -5.19. The molecule has 0 radical (unpaired) electrons. The molecule has 0 saturated carbocycles. The van der Waals surface area contributed by atoms with Gasteiger partial charge < -0.3 is 14.6 Å². The smallest absolute Gasteiger partial charge is 0.326 e. The summed E-state index contributed by atoms with van der Waals surface area (Å²) in [6.07, 6.45) is 1.26. The Bertz CT molecular complexity index is 1760. The SMILES string of the molecule is COc1ccc(-c2cc(C(=O)N3CCC(n4c(=O)[nH]c5ccccc54)CC3)n(-c3ccc([N+](=O)[O-])cc3)n2)cc1. The first kappa shape index (κ1) is 25.1. The Balaban J connectivity index is 1.30. The molecule has 0 bridgehead atoms. The van der Waals surface area contributed by atoms with Crippen LogP contribution in [0.1, 0.15) is 29.4 Å². The van der Waals surface area contributed by atoms with Crippen LogP contribution in [-0.2, 0) is 0 Å². The number of nitro groups is 1. The molecule has 6 rings (SSSR count). The largest absolute Gasteiger partial charge is 0.497 e. The van der Waals surface area contributed by atoms with Crippen molar-refractivity contribution in [1.29, 1.82) is 0 Å². The predicted octanol–water partition coefficient (Wildman–Crippen LogP) is 4.58. The number of H-pyrrole nitrogens is 1. The Labute approximate surface area is 228 Å². The summed E-state index contributed by atoms with van der Waals surface area (Å²) in [6, 6.07) is 22.6. The fraction of sp³-hybridized carbons (Fsp3) is 0.207. The first-order valence-corrected chi connectivity index (χ1v) is 12.9. The van der Waals surface area contributed by atoms with Gasteiger partial charge in [-0.2, -0.15) is 5.10 Å². The number of nitrogens with zero attached hydrogens (tertiary/aromatic N) is 5. The number of likely N-dealkylation sites (tertiary alicyclic amines) is 1. The van der Waals surface area contributed by atoms with Gasteiger partial charge in [-0.05, 0) is 67.4 Å². The zero-order chi connectivity index (χ0) is 27.8. The van der Waals surface area contributed by atoms with Crippen molar-refractivity contribution in [2.24, 2.45) is 0 Å². The average Bonchev–Trinajstić information content (AvgIpc) is 3.58. The van der Waals surface area contributed by atoms with Crippen molar-refractivity contribution in [2.45, 2.75) is 18.9 Å². The average molecular weight is 539 g/mol. The molecule has 0 aliphatic carbocycles. The Morgan fingerprint density at radius 2 is 1.73 bits per heavy atom. The minimum absolute atomic E-state index is 0.0258. The van der Waals surface area contributed by atoms with Crippen LogP contribution in [0, 0.1) is 10.1 Å². The number of non-ortho nitro benzene ring substituents is 1. The van der Waals surface area contributed by atoms with E-state index in [2.05, 4.69) is 4.98 Å². The number of fused-ring (bicyclic) bond motifs is 1. The number of imidazole rings is 1. The number of ether oxygens (including phenoxy) is 1. The summed E-state index contributed by atoms with van der Waals surface area (Å²) < 4.78 is 8.57. The number of aromatic nitrogens is 4. The summed E-state index contributed by atoms with van der Waals surface area (Å²) in [5, 5.41) is 15.9. The number of aromatic amines is 1. The molecule has 1 aliphatic heterocycles. The normalized spacial score (nSPS) is 14.0. The fourth-order valence-electron chi connectivity index (χ4n) is 5.27. The van der Waals surface area contributed by atoms with Gasteiger partial charge in [0.2, 0.25) is 0 Å². The number of methoxy groups -OCH3 is 1. The summed E-state index contributed by atoms with van der Waals surface area (Å²) in [5.74, 6) is 0.502. The second kappa shape index (κ2) is 10.2.